The zero-order valence-corrected chi connectivity index (χ0v) is 8.88. The summed E-state index contributed by atoms with van der Waals surface area (Å²) in [5.74, 6) is 1.15. The Hall–Kier alpha value is -0.800. The van der Waals surface area contributed by atoms with Crippen molar-refractivity contribution in [1.82, 2.24) is 0 Å². The molecule has 2 atom stereocenters. The highest BCUT2D eigenvalue weighted by Gasteiger charge is 2.58. The van der Waals surface area contributed by atoms with Crippen LogP contribution in [0.3, 0.4) is 0 Å². The van der Waals surface area contributed by atoms with Gasteiger partial charge in [-0.15, -0.1) is 0 Å². The Morgan fingerprint density at radius 3 is 2.20 bits per heavy atom. The molecule has 0 aliphatic heterocycles. The molecule has 0 saturated heterocycles. The van der Waals surface area contributed by atoms with Crippen LogP contribution in [0.25, 0.3) is 0 Å². The molecule has 0 spiro atoms. The van der Waals surface area contributed by atoms with Crippen LogP contribution in [0, 0.1) is 11.8 Å². The minimum atomic E-state index is -0.969. The van der Waals surface area contributed by atoms with E-state index in [0.717, 1.165) is 25.7 Å². The Bertz CT molecular complexity index is 308. The lowest BCUT2D eigenvalue weighted by Crippen LogP contribution is -2.57. The van der Waals surface area contributed by atoms with Crippen molar-refractivity contribution in [2.45, 2.75) is 49.7 Å². The van der Waals surface area contributed by atoms with Gasteiger partial charge in [-0.3, -0.25) is 0 Å². The van der Waals surface area contributed by atoms with Crippen molar-refractivity contribution in [3.8, 4) is 0 Å². The summed E-state index contributed by atoms with van der Waals surface area (Å²) < 4.78 is 14.4. The number of halogens is 1. The molecular formula is C11H18FN3. The van der Waals surface area contributed by atoms with Gasteiger partial charge in [0, 0.05) is 6.42 Å². The molecule has 4 saturated carbocycles. The molecule has 0 aromatic rings. The maximum absolute atomic E-state index is 14.4. The van der Waals surface area contributed by atoms with Gasteiger partial charge in [-0.05, 0) is 43.9 Å². The number of guanidine groups is 1. The van der Waals surface area contributed by atoms with Crippen molar-refractivity contribution < 1.29 is 4.39 Å². The van der Waals surface area contributed by atoms with E-state index in [0.29, 0.717) is 18.3 Å². The third-order valence-electron chi connectivity index (χ3n) is 4.33. The molecule has 4 N–H and O–H groups in total. The molecule has 4 fully saturated rings. The minimum Gasteiger partial charge on any atom is -0.370 e. The Kier molecular flexibility index (Phi) is 1.67. The van der Waals surface area contributed by atoms with Gasteiger partial charge >= 0.3 is 0 Å². The van der Waals surface area contributed by atoms with Crippen LogP contribution < -0.4 is 11.5 Å². The predicted molar refractivity (Wildman–Crippen MR) is 57.1 cm³/mol. The number of alkyl halides is 1. The first-order chi connectivity index (χ1) is 6.99. The lowest BCUT2D eigenvalue weighted by Gasteiger charge is -2.57. The zero-order valence-electron chi connectivity index (χ0n) is 8.88. The van der Waals surface area contributed by atoms with E-state index in [1.807, 2.05) is 0 Å². The van der Waals surface area contributed by atoms with E-state index in [4.69, 9.17) is 11.5 Å². The number of nitrogens with zero attached hydrogens (tertiary/aromatic N) is 1. The van der Waals surface area contributed by atoms with E-state index < -0.39 is 5.67 Å². The van der Waals surface area contributed by atoms with Crippen LogP contribution in [0.2, 0.25) is 0 Å². The first-order valence-corrected chi connectivity index (χ1v) is 5.78. The van der Waals surface area contributed by atoms with Gasteiger partial charge in [0.15, 0.2) is 5.96 Å². The predicted octanol–water partition coefficient (Wildman–Crippen LogP) is 1.32. The Balaban J connectivity index is 1.96. The Labute approximate surface area is 89.1 Å². The topological polar surface area (TPSA) is 64.4 Å². The summed E-state index contributed by atoms with van der Waals surface area (Å²) in [6, 6.07) is 0. The highest BCUT2D eigenvalue weighted by atomic mass is 19.1. The van der Waals surface area contributed by atoms with Crippen molar-refractivity contribution in [3.05, 3.63) is 0 Å². The van der Waals surface area contributed by atoms with E-state index in [-0.39, 0.29) is 11.5 Å². The summed E-state index contributed by atoms with van der Waals surface area (Å²) in [7, 11) is 0. The summed E-state index contributed by atoms with van der Waals surface area (Å²) in [5.41, 5.74) is 9.70. The first-order valence-electron chi connectivity index (χ1n) is 5.78. The molecule has 15 heavy (non-hydrogen) atoms. The summed E-state index contributed by atoms with van der Waals surface area (Å²) >= 11 is 0. The molecule has 4 rings (SSSR count). The summed E-state index contributed by atoms with van der Waals surface area (Å²) in [4.78, 5) is 4.35. The van der Waals surface area contributed by atoms with Gasteiger partial charge in [0.05, 0.1) is 5.54 Å². The van der Waals surface area contributed by atoms with Crippen LogP contribution in [0.4, 0.5) is 4.39 Å². The quantitative estimate of drug-likeness (QED) is 0.507. The van der Waals surface area contributed by atoms with Crippen LogP contribution in [0.15, 0.2) is 4.99 Å². The molecule has 4 bridgehead atoms. The lowest BCUT2D eigenvalue weighted by atomic mass is 9.52. The van der Waals surface area contributed by atoms with Crippen LogP contribution in [0.5, 0.6) is 0 Å². The highest BCUT2D eigenvalue weighted by Crippen LogP contribution is 2.60. The van der Waals surface area contributed by atoms with E-state index in [9.17, 15) is 4.39 Å². The SMILES string of the molecule is NC(N)=NC12CC3CC(CC(F)(C3)C1)C2. The third kappa shape index (κ3) is 1.42. The molecule has 4 aliphatic rings. The largest absolute Gasteiger partial charge is 0.370 e. The van der Waals surface area contributed by atoms with Gasteiger partial charge < -0.3 is 11.5 Å². The Morgan fingerprint density at radius 1 is 1.13 bits per heavy atom. The molecule has 4 aliphatic carbocycles. The fraction of sp³-hybridized carbons (Fsp3) is 0.909. The van der Waals surface area contributed by atoms with Crippen LogP contribution in [0.1, 0.15) is 38.5 Å². The first kappa shape index (κ1) is 9.43. The molecule has 4 heteroatoms. The van der Waals surface area contributed by atoms with Crippen LogP contribution >= 0.6 is 0 Å². The molecule has 0 heterocycles. The highest BCUT2D eigenvalue weighted by molar-refractivity contribution is 5.76. The van der Waals surface area contributed by atoms with Gasteiger partial charge in [-0.2, -0.15) is 0 Å². The van der Waals surface area contributed by atoms with Crippen molar-refractivity contribution >= 4 is 5.96 Å². The number of aliphatic imine (C=N–C) groups is 1. The second-order valence-corrected chi connectivity index (χ2v) is 5.87. The van der Waals surface area contributed by atoms with Crippen LogP contribution in [-0.4, -0.2) is 17.2 Å². The van der Waals surface area contributed by atoms with E-state index in [1.165, 1.54) is 6.42 Å². The van der Waals surface area contributed by atoms with Crippen LogP contribution in [-0.2, 0) is 0 Å². The molecule has 0 aromatic carbocycles. The maximum Gasteiger partial charge on any atom is 0.186 e. The lowest BCUT2D eigenvalue weighted by molar-refractivity contribution is -0.0838. The summed E-state index contributed by atoms with van der Waals surface area (Å²) in [6.45, 7) is 0. The molecule has 0 aromatic heterocycles. The van der Waals surface area contributed by atoms with Crippen molar-refractivity contribution in [3.63, 3.8) is 0 Å². The van der Waals surface area contributed by atoms with Gasteiger partial charge in [-0.25, -0.2) is 9.38 Å². The normalized spacial score (nSPS) is 51.8. The van der Waals surface area contributed by atoms with Gasteiger partial charge in [0.1, 0.15) is 5.67 Å². The fourth-order valence-electron chi connectivity index (χ4n) is 4.51. The molecule has 0 radical (unpaired) electrons. The number of hydrogen-bond acceptors (Lipinski definition) is 1. The maximum atomic E-state index is 14.4. The van der Waals surface area contributed by atoms with E-state index >= 15 is 0 Å². The molecule has 84 valence electrons. The smallest absolute Gasteiger partial charge is 0.186 e. The van der Waals surface area contributed by atoms with E-state index in [1.54, 1.807) is 0 Å². The standard InChI is InChI=1S/C11H18FN3/c12-10-2-7-1-8(3-10)5-11(4-7,6-10)15-9(13)14/h7-8H,1-6H2,(H4,13,14,15). The monoisotopic (exact) mass is 211 g/mol. The Morgan fingerprint density at radius 2 is 1.73 bits per heavy atom. The third-order valence-corrected chi connectivity index (χ3v) is 4.33. The van der Waals surface area contributed by atoms with Gasteiger partial charge in [0.2, 0.25) is 0 Å². The van der Waals surface area contributed by atoms with Crippen molar-refractivity contribution in [2.75, 3.05) is 0 Å². The van der Waals surface area contributed by atoms with E-state index in [2.05, 4.69) is 4.99 Å². The molecule has 2 unspecified atom stereocenters. The zero-order chi connectivity index (χ0) is 10.7. The molecule has 0 amide bonds. The molecular weight excluding hydrogens is 193 g/mol. The average molecular weight is 211 g/mol. The van der Waals surface area contributed by atoms with Crippen molar-refractivity contribution in [1.29, 1.82) is 0 Å². The fourth-order valence-corrected chi connectivity index (χ4v) is 4.51. The average Bonchev–Trinajstić information content (AvgIpc) is 1.94. The number of rotatable bonds is 1. The number of nitrogens with two attached hydrogens (primary N) is 2. The minimum absolute atomic E-state index is 0.126. The second kappa shape index (κ2) is 2.66. The van der Waals surface area contributed by atoms with Crippen molar-refractivity contribution in [2.24, 2.45) is 28.3 Å². The second-order valence-electron chi connectivity index (χ2n) is 5.87. The molecule has 3 nitrogen and oxygen atoms in total. The number of hydrogen-bond donors (Lipinski definition) is 2. The summed E-state index contributed by atoms with van der Waals surface area (Å²) in [5, 5.41) is 0. The van der Waals surface area contributed by atoms with Gasteiger partial charge in [0.25, 0.3) is 0 Å². The summed E-state index contributed by atoms with van der Waals surface area (Å²) in [6.07, 6.45) is 5.20. The van der Waals surface area contributed by atoms with Gasteiger partial charge in [-0.1, -0.05) is 0 Å².